The number of halogens is 1. The maximum atomic E-state index is 9.59. The summed E-state index contributed by atoms with van der Waals surface area (Å²) in [5.41, 5.74) is 6.02. The zero-order valence-corrected chi connectivity index (χ0v) is 19.7. The van der Waals surface area contributed by atoms with Crippen LogP contribution >= 0.6 is 11.6 Å². The van der Waals surface area contributed by atoms with E-state index in [0.29, 0.717) is 16.6 Å². The molecule has 6 nitrogen and oxygen atoms in total. The Balaban J connectivity index is 1.36. The molecule has 3 aromatic rings. The van der Waals surface area contributed by atoms with E-state index in [1.54, 1.807) is 6.07 Å². The number of benzene rings is 2. The molecule has 0 spiro atoms. The Kier molecular flexibility index (Phi) is 6.01. The molecule has 3 heterocycles. The number of rotatable bonds is 5. The van der Waals surface area contributed by atoms with Crippen molar-refractivity contribution < 1.29 is 0 Å². The largest absolute Gasteiger partial charge is 0.370 e. The van der Waals surface area contributed by atoms with E-state index >= 15 is 0 Å². The highest BCUT2D eigenvalue weighted by molar-refractivity contribution is 6.30. The monoisotopic (exact) mass is 460 g/mol. The molecule has 1 aromatic heterocycles. The molecule has 0 radical (unpaired) electrons. The van der Waals surface area contributed by atoms with E-state index < -0.39 is 0 Å². The van der Waals surface area contributed by atoms with Crippen LogP contribution in [0.5, 0.6) is 0 Å². The standard InChI is InChI=1S/C26H29ClN6/c1-18(23-7-5-21(27)14-20(23)16-28)33-17-30-25-8-6-22(15-26(25)33)32-12-10-31(11-13-32)19(2)24-4-3-9-29-24/h5-8,14-15,17-18,24,29H,2-4,9-13H2,1H3/t18?,24-/m1/s1. The maximum absolute atomic E-state index is 9.59. The van der Waals surface area contributed by atoms with Gasteiger partial charge in [0.25, 0.3) is 0 Å². The van der Waals surface area contributed by atoms with Crippen molar-refractivity contribution in [2.24, 2.45) is 0 Å². The lowest BCUT2D eigenvalue weighted by atomic mass is 10.0. The average Bonchev–Trinajstić information content (AvgIpc) is 3.53. The lowest BCUT2D eigenvalue weighted by Gasteiger charge is -2.39. The average molecular weight is 461 g/mol. The van der Waals surface area contributed by atoms with Gasteiger partial charge in [-0.2, -0.15) is 5.26 Å². The summed E-state index contributed by atoms with van der Waals surface area (Å²) in [6.45, 7) is 11.5. The Morgan fingerprint density at radius 2 is 2.03 bits per heavy atom. The highest BCUT2D eigenvalue weighted by Crippen LogP contribution is 2.30. The van der Waals surface area contributed by atoms with Crippen LogP contribution in [0, 0.1) is 11.3 Å². The zero-order valence-electron chi connectivity index (χ0n) is 19.0. The third-order valence-corrected chi connectivity index (χ3v) is 7.31. The summed E-state index contributed by atoms with van der Waals surface area (Å²) in [5, 5.41) is 13.7. The second-order valence-electron chi connectivity index (χ2n) is 8.96. The summed E-state index contributed by atoms with van der Waals surface area (Å²) in [7, 11) is 0. The van der Waals surface area contributed by atoms with Gasteiger partial charge in [0.2, 0.25) is 0 Å². The number of imidazole rings is 1. The second kappa shape index (κ2) is 9.09. The third-order valence-electron chi connectivity index (χ3n) is 7.08. The molecule has 2 saturated heterocycles. The number of piperazine rings is 1. The molecule has 0 amide bonds. The molecular formula is C26H29ClN6. The molecule has 0 bridgehead atoms. The third kappa shape index (κ3) is 4.19. The first kappa shape index (κ1) is 21.8. The maximum Gasteiger partial charge on any atom is 0.0995 e. The Morgan fingerprint density at radius 3 is 2.76 bits per heavy atom. The van der Waals surface area contributed by atoms with Crippen LogP contribution in [-0.2, 0) is 0 Å². The number of nitriles is 1. The minimum atomic E-state index is -0.0313. The van der Waals surface area contributed by atoms with Gasteiger partial charge < -0.3 is 19.7 Å². The van der Waals surface area contributed by atoms with Gasteiger partial charge in [0.15, 0.2) is 0 Å². The van der Waals surface area contributed by atoms with Crippen molar-refractivity contribution in [2.75, 3.05) is 37.6 Å². The highest BCUT2D eigenvalue weighted by atomic mass is 35.5. The van der Waals surface area contributed by atoms with Crippen molar-refractivity contribution in [2.45, 2.75) is 31.8 Å². The molecule has 7 heteroatoms. The van der Waals surface area contributed by atoms with Crippen LogP contribution in [0.25, 0.3) is 11.0 Å². The quantitative estimate of drug-likeness (QED) is 0.604. The summed E-state index contributed by atoms with van der Waals surface area (Å²) < 4.78 is 2.15. The summed E-state index contributed by atoms with van der Waals surface area (Å²) in [4.78, 5) is 9.49. The van der Waals surface area contributed by atoms with E-state index in [-0.39, 0.29) is 6.04 Å². The van der Waals surface area contributed by atoms with E-state index in [2.05, 4.69) is 62.4 Å². The minimum absolute atomic E-state index is 0.0313. The lowest BCUT2D eigenvalue weighted by Crippen LogP contribution is -2.48. The van der Waals surface area contributed by atoms with Crippen molar-refractivity contribution in [1.82, 2.24) is 19.8 Å². The van der Waals surface area contributed by atoms with Crippen LogP contribution in [0.3, 0.4) is 0 Å². The molecule has 5 rings (SSSR count). The van der Waals surface area contributed by atoms with Crippen molar-refractivity contribution in [3.05, 3.63) is 71.2 Å². The van der Waals surface area contributed by atoms with E-state index in [4.69, 9.17) is 11.6 Å². The number of fused-ring (bicyclic) bond motifs is 1. The van der Waals surface area contributed by atoms with Crippen LogP contribution in [0.1, 0.15) is 36.9 Å². The Morgan fingerprint density at radius 1 is 1.21 bits per heavy atom. The zero-order chi connectivity index (χ0) is 22.9. The SMILES string of the molecule is C=C([C@H]1CCCN1)N1CCN(c2ccc3ncn(C(C)c4ccc(Cl)cc4C#N)c3c2)CC1. The van der Waals surface area contributed by atoms with Crippen molar-refractivity contribution in [3.63, 3.8) is 0 Å². The van der Waals surface area contributed by atoms with Gasteiger partial charge in [-0.05, 0) is 62.2 Å². The molecule has 1 unspecified atom stereocenters. The predicted molar refractivity (Wildman–Crippen MR) is 134 cm³/mol. The first-order valence-electron chi connectivity index (χ1n) is 11.6. The van der Waals surface area contributed by atoms with Gasteiger partial charge in [0, 0.05) is 48.6 Å². The Bertz CT molecular complexity index is 1210. The lowest BCUT2D eigenvalue weighted by molar-refractivity contribution is 0.298. The summed E-state index contributed by atoms with van der Waals surface area (Å²) >= 11 is 6.11. The van der Waals surface area contributed by atoms with E-state index in [9.17, 15) is 5.26 Å². The molecule has 2 aliphatic rings. The number of hydrogen-bond acceptors (Lipinski definition) is 5. The normalized spacial score (nSPS) is 19.6. The summed E-state index contributed by atoms with van der Waals surface area (Å²) in [6.07, 6.45) is 4.30. The molecule has 2 fully saturated rings. The van der Waals surface area contributed by atoms with Gasteiger partial charge in [-0.1, -0.05) is 24.2 Å². The molecule has 0 aliphatic carbocycles. The Hall–Kier alpha value is -3.01. The first-order chi connectivity index (χ1) is 16.0. The molecule has 0 saturated carbocycles. The van der Waals surface area contributed by atoms with Crippen molar-refractivity contribution in [1.29, 1.82) is 5.26 Å². The van der Waals surface area contributed by atoms with Gasteiger partial charge in [-0.15, -0.1) is 0 Å². The molecule has 2 aromatic carbocycles. The molecule has 2 atom stereocenters. The van der Waals surface area contributed by atoms with Crippen molar-refractivity contribution in [3.8, 4) is 6.07 Å². The minimum Gasteiger partial charge on any atom is -0.370 e. The number of aromatic nitrogens is 2. The second-order valence-corrected chi connectivity index (χ2v) is 9.40. The number of anilines is 1. The molecule has 170 valence electrons. The summed E-state index contributed by atoms with van der Waals surface area (Å²) in [6, 6.07) is 14.7. The van der Waals surface area contributed by atoms with Crippen LogP contribution in [0.15, 0.2) is 55.0 Å². The van der Waals surface area contributed by atoms with Crippen LogP contribution in [0.2, 0.25) is 5.02 Å². The van der Waals surface area contributed by atoms with Crippen LogP contribution in [0.4, 0.5) is 5.69 Å². The topological polar surface area (TPSA) is 60.1 Å². The highest BCUT2D eigenvalue weighted by Gasteiger charge is 2.25. The van der Waals surface area contributed by atoms with E-state index in [1.807, 2.05) is 18.5 Å². The number of hydrogen-bond donors (Lipinski definition) is 1. The molecule has 1 N–H and O–H groups in total. The molecule has 2 aliphatic heterocycles. The van der Waals surface area contributed by atoms with E-state index in [1.165, 1.54) is 24.2 Å². The fraction of sp³-hybridized carbons (Fsp3) is 0.385. The van der Waals surface area contributed by atoms with E-state index in [0.717, 1.165) is 49.3 Å². The van der Waals surface area contributed by atoms with Crippen molar-refractivity contribution >= 4 is 28.3 Å². The van der Waals surface area contributed by atoms with Gasteiger partial charge >= 0.3 is 0 Å². The number of nitrogens with zero attached hydrogens (tertiary/aromatic N) is 5. The van der Waals surface area contributed by atoms with Gasteiger partial charge in [0.05, 0.1) is 35.0 Å². The summed E-state index contributed by atoms with van der Waals surface area (Å²) in [5.74, 6) is 0. The van der Waals surface area contributed by atoms with Gasteiger partial charge in [0.1, 0.15) is 0 Å². The predicted octanol–water partition coefficient (Wildman–Crippen LogP) is 4.56. The van der Waals surface area contributed by atoms with Crippen LogP contribution in [-0.4, -0.2) is 53.2 Å². The fourth-order valence-electron chi connectivity index (χ4n) is 5.10. The molecular weight excluding hydrogens is 432 g/mol. The fourth-order valence-corrected chi connectivity index (χ4v) is 5.27. The van der Waals surface area contributed by atoms with Gasteiger partial charge in [-0.3, -0.25) is 0 Å². The van der Waals surface area contributed by atoms with Crippen LogP contribution < -0.4 is 10.2 Å². The Labute approximate surface area is 200 Å². The first-order valence-corrected chi connectivity index (χ1v) is 12.0. The molecule has 33 heavy (non-hydrogen) atoms. The van der Waals surface area contributed by atoms with Gasteiger partial charge in [-0.25, -0.2) is 4.98 Å². The smallest absolute Gasteiger partial charge is 0.0995 e. The number of nitrogens with one attached hydrogen (secondary N) is 1.